The summed E-state index contributed by atoms with van der Waals surface area (Å²) in [5.74, 6) is 0. The van der Waals surface area contributed by atoms with E-state index in [1.54, 1.807) is 0 Å². The van der Waals surface area contributed by atoms with E-state index >= 15 is 0 Å². The minimum atomic E-state index is 0.575. The van der Waals surface area contributed by atoms with Gasteiger partial charge in [-0.25, -0.2) is 0 Å². The lowest BCUT2D eigenvalue weighted by atomic mass is 10.0. The Kier molecular flexibility index (Phi) is 7.64. The van der Waals surface area contributed by atoms with E-state index in [1.807, 2.05) is 92.7 Å². The van der Waals surface area contributed by atoms with Crippen LogP contribution in [0.2, 0.25) is 5.02 Å². The molecule has 0 aromatic heterocycles. The van der Waals surface area contributed by atoms with Gasteiger partial charge in [-0.05, 0) is 45.5 Å². The molecular formula is C28H27ClN2. The van der Waals surface area contributed by atoms with Crippen LogP contribution in [-0.4, -0.2) is 5.71 Å². The van der Waals surface area contributed by atoms with Gasteiger partial charge in [-0.3, -0.25) is 5.41 Å². The Morgan fingerprint density at radius 1 is 0.742 bits per heavy atom. The lowest BCUT2D eigenvalue weighted by molar-refractivity contribution is 1.27. The van der Waals surface area contributed by atoms with Crippen molar-refractivity contribution in [3.8, 4) is 11.1 Å². The van der Waals surface area contributed by atoms with Crippen LogP contribution < -0.4 is 5.73 Å². The molecule has 2 nitrogen and oxygen atoms in total. The number of nitrogen functional groups attached to an aromatic ring is 1. The minimum absolute atomic E-state index is 0.575. The molecule has 0 amide bonds. The van der Waals surface area contributed by atoms with Gasteiger partial charge in [0, 0.05) is 17.1 Å². The minimum Gasteiger partial charge on any atom is -0.398 e. The third kappa shape index (κ3) is 5.22. The van der Waals surface area contributed by atoms with E-state index in [0.717, 1.165) is 23.2 Å². The van der Waals surface area contributed by atoms with Gasteiger partial charge >= 0.3 is 0 Å². The third-order valence-corrected chi connectivity index (χ3v) is 5.27. The van der Waals surface area contributed by atoms with E-state index in [0.29, 0.717) is 10.7 Å². The average Bonchev–Trinajstić information content (AvgIpc) is 3.21. The van der Waals surface area contributed by atoms with Crippen LogP contribution in [0.15, 0.2) is 97.1 Å². The summed E-state index contributed by atoms with van der Waals surface area (Å²) in [6.07, 6.45) is 0.925. The second kappa shape index (κ2) is 10.6. The molecule has 0 bridgehead atoms. The number of nitrogens with two attached hydrogens (primary N) is 1. The second-order valence-corrected chi connectivity index (χ2v) is 7.40. The molecule has 0 fully saturated rings. The zero-order valence-corrected chi connectivity index (χ0v) is 18.7. The SMILES string of the molecule is CC.N=C(c1ccccc1)c1ccccc1.Nc1cc(Cl)cc2c1Cc1ccccc1-2. The summed E-state index contributed by atoms with van der Waals surface area (Å²) in [4.78, 5) is 0. The van der Waals surface area contributed by atoms with Crippen LogP contribution in [0.3, 0.4) is 0 Å². The highest BCUT2D eigenvalue weighted by molar-refractivity contribution is 6.31. The van der Waals surface area contributed by atoms with E-state index < -0.39 is 0 Å². The summed E-state index contributed by atoms with van der Waals surface area (Å²) in [7, 11) is 0. The molecule has 156 valence electrons. The average molecular weight is 427 g/mol. The predicted molar refractivity (Wildman–Crippen MR) is 134 cm³/mol. The Labute approximate surface area is 189 Å². The van der Waals surface area contributed by atoms with Crippen molar-refractivity contribution in [2.45, 2.75) is 20.3 Å². The van der Waals surface area contributed by atoms with E-state index in [4.69, 9.17) is 22.7 Å². The van der Waals surface area contributed by atoms with Crippen molar-refractivity contribution >= 4 is 23.0 Å². The smallest absolute Gasteiger partial charge is 0.0684 e. The number of anilines is 1. The van der Waals surface area contributed by atoms with Gasteiger partial charge in [0.2, 0.25) is 0 Å². The van der Waals surface area contributed by atoms with E-state index in [2.05, 4.69) is 18.2 Å². The van der Waals surface area contributed by atoms with Gasteiger partial charge in [0.15, 0.2) is 0 Å². The summed E-state index contributed by atoms with van der Waals surface area (Å²) >= 11 is 6.02. The van der Waals surface area contributed by atoms with Crippen LogP contribution in [0, 0.1) is 5.41 Å². The molecule has 1 aliphatic carbocycles. The Hall–Kier alpha value is -3.36. The molecule has 5 rings (SSSR count). The van der Waals surface area contributed by atoms with Crippen molar-refractivity contribution in [3.05, 3.63) is 124 Å². The van der Waals surface area contributed by atoms with Crippen LogP contribution in [0.5, 0.6) is 0 Å². The first-order valence-corrected chi connectivity index (χ1v) is 10.9. The van der Waals surface area contributed by atoms with Crippen LogP contribution in [-0.2, 0) is 6.42 Å². The monoisotopic (exact) mass is 426 g/mol. The molecule has 0 atom stereocenters. The van der Waals surface area contributed by atoms with Crippen molar-refractivity contribution in [3.63, 3.8) is 0 Å². The lowest BCUT2D eigenvalue weighted by Gasteiger charge is -2.04. The normalized spacial score (nSPS) is 10.5. The molecule has 4 aromatic carbocycles. The van der Waals surface area contributed by atoms with Gasteiger partial charge in [0.1, 0.15) is 0 Å². The van der Waals surface area contributed by atoms with Crippen LogP contribution in [0.25, 0.3) is 11.1 Å². The lowest BCUT2D eigenvalue weighted by Crippen LogP contribution is -1.99. The highest BCUT2D eigenvalue weighted by atomic mass is 35.5. The second-order valence-electron chi connectivity index (χ2n) is 6.96. The van der Waals surface area contributed by atoms with Gasteiger partial charge in [-0.15, -0.1) is 0 Å². The first kappa shape index (κ1) is 22.3. The first-order chi connectivity index (χ1) is 15.1. The van der Waals surface area contributed by atoms with Crippen molar-refractivity contribution < 1.29 is 0 Å². The van der Waals surface area contributed by atoms with Gasteiger partial charge in [0.25, 0.3) is 0 Å². The van der Waals surface area contributed by atoms with Gasteiger partial charge in [-0.2, -0.15) is 0 Å². The van der Waals surface area contributed by atoms with Crippen LogP contribution in [0.1, 0.15) is 36.1 Å². The summed E-state index contributed by atoms with van der Waals surface area (Å²) in [5.41, 5.74) is 14.3. The highest BCUT2D eigenvalue weighted by Crippen LogP contribution is 2.40. The standard InChI is InChI=1S/C13H10ClN.C13H11N.C2H6/c14-9-6-11-10-4-2-1-3-8(10)5-12(11)13(15)7-9;14-13(11-7-3-1-4-8-11)12-9-5-2-6-10-12;1-2/h1-4,6-7H,5,15H2;1-10,14H;1-2H3. The van der Waals surface area contributed by atoms with Crippen LogP contribution in [0.4, 0.5) is 5.69 Å². The Morgan fingerprint density at radius 2 is 1.26 bits per heavy atom. The predicted octanol–water partition coefficient (Wildman–Crippen LogP) is 7.62. The van der Waals surface area contributed by atoms with E-state index in [1.165, 1.54) is 22.3 Å². The number of hydrogen-bond acceptors (Lipinski definition) is 2. The topological polar surface area (TPSA) is 49.9 Å². The number of halogens is 1. The molecule has 0 aliphatic heterocycles. The molecule has 1 aliphatic rings. The zero-order valence-electron chi connectivity index (χ0n) is 17.9. The Balaban J connectivity index is 0.000000163. The molecule has 0 heterocycles. The summed E-state index contributed by atoms with van der Waals surface area (Å²) < 4.78 is 0. The molecule has 0 unspecified atom stereocenters. The molecule has 31 heavy (non-hydrogen) atoms. The fourth-order valence-corrected chi connectivity index (χ4v) is 3.83. The zero-order chi connectivity index (χ0) is 22.2. The van der Waals surface area contributed by atoms with Crippen molar-refractivity contribution in [2.24, 2.45) is 0 Å². The maximum Gasteiger partial charge on any atom is 0.0684 e. The molecule has 3 N–H and O–H groups in total. The van der Waals surface area contributed by atoms with Crippen molar-refractivity contribution in [2.75, 3.05) is 5.73 Å². The summed E-state index contributed by atoms with van der Waals surface area (Å²) in [6, 6.07) is 31.7. The fourth-order valence-electron chi connectivity index (χ4n) is 3.60. The van der Waals surface area contributed by atoms with Gasteiger partial charge in [-0.1, -0.05) is 110 Å². The Bertz CT molecular complexity index is 1110. The molecular weight excluding hydrogens is 400 g/mol. The maximum atomic E-state index is 7.97. The highest BCUT2D eigenvalue weighted by Gasteiger charge is 2.20. The van der Waals surface area contributed by atoms with Crippen molar-refractivity contribution in [1.29, 1.82) is 5.41 Å². The van der Waals surface area contributed by atoms with Gasteiger partial charge in [0.05, 0.1) is 5.71 Å². The largest absolute Gasteiger partial charge is 0.398 e. The fraction of sp³-hybridized carbons (Fsp3) is 0.107. The summed E-state index contributed by atoms with van der Waals surface area (Å²) in [5, 5.41) is 8.68. The quantitative estimate of drug-likeness (QED) is 0.221. The van der Waals surface area contributed by atoms with Crippen molar-refractivity contribution in [1.82, 2.24) is 0 Å². The molecule has 4 aromatic rings. The van der Waals surface area contributed by atoms with Gasteiger partial charge < -0.3 is 5.73 Å². The number of benzene rings is 4. The Morgan fingerprint density at radius 3 is 1.84 bits per heavy atom. The molecule has 0 saturated carbocycles. The van der Waals surface area contributed by atoms with E-state index in [9.17, 15) is 0 Å². The number of hydrogen-bond donors (Lipinski definition) is 2. The molecule has 0 spiro atoms. The number of rotatable bonds is 2. The molecule has 3 heteroatoms. The van der Waals surface area contributed by atoms with E-state index in [-0.39, 0.29) is 0 Å². The number of fused-ring (bicyclic) bond motifs is 3. The molecule has 0 radical (unpaired) electrons. The maximum absolute atomic E-state index is 7.97. The first-order valence-electron chi connectivity index (χ1n) is 10.5. The summed E-state index contributed by atoms with van der Waals surface area (Å²) in [6.45, 7) is 4.00. The molecule has 0 saturated heterocycles. The van der Waals surface area contributed by atoms with Crippen LogP contribution >= 0.6 is 11.6 Å². The number of nitrogens with one attached hydrogen (secondary N) is 1. The third-order valence-electron chi connectivity index (χ3n) is 5.05.